The largest absolute Gasteiger partial charge is 0.497 e. The number of hydrogen-bond donors (Lipinski definition) is 0. The lowest BCUT2D eigenvalue weighted by molar-refractivity contribution is 0.190. The SMILES string of the molecule is C=C1[C@@H]2O[C@]2(C)[C@@H](c2ccc(OC)cc2)N1S(=O)(=O)c1ccc(C)cc1. The van der Waals surface area contributed by atoms with Crippen LogP contribution >= 0.6 is 0 Å². The topological polar surface area (TPSA) is 59.1 Å². The minimum absolute atomic E-state index is 0.257. The van der Waals surface area contributed by atoms with Crippen LogP contribution in [0.25, 0.3) is 0 Å². The highest BCUT2D eigenvalue weighted by atomic mass is 32.2. The van der Waals surface area contributed by atoms with Gasteiger partial charge in [-0.1, -0.05) is 36.4 Å². The second-order valence-corrected chi connectivity index (χ2v) is 8.78. The van der Waals surface area contributed by atoms with Gasteiger partial charge in [-0.15, -0.1) is 0 Å². The Morgan fingerprint density at radius 3 is 2.31 bits per heavy atom. The fraction of sp³-hybridized carbons (Fsp3) is 0.300. The van der Waals surface area contributed by atoms with Crippen LogP contribution in [0.3, 0.4) is 0 Å². The van der Waals surface area contributed by atoms with Gasteiger partial charge in [0, 0.05) is 0 Å². The van der Waals surface area contributed by atoms with Gasteiger partial charge in [-0.3, -0.25) is 4.31 Å². The first kappa shape index (κ1) is 17.1. The maximum absolute atomic E-state index is 13.4. The molecule has 3 atom stereocenters. The van der Waals surface area contributed by atoms with E-state index in [9.17, 15) is 8.42 Å². The third-order valence-corrected chi connectivity index (χ3v) is 7.04. The molecule has 2 heterocycles. The van der Waals surface area contributed by atoms with Crippen molar-refractivity contribution in [2.75, 3.05) is 7.11 Å². The Balaban J connectivity index is 1.80. The zero-order valence-corrected chi connectivity index (χ0v) is 15.8. The highest BCUT2D eigenvalue weighted by Crippen LogP contribution is 2.61. The van der Waals surface area contributed by atoms with Crippen LogP contribution in [0.4, 0.5) is 0 Å². The van der Waals surface area contributed by atoms with Crippen molar-refractivity contribution in [3.05, 3.63) is 71.9 Å². The lowest BCUT2D eigenvalue weighted by atomic mass is 9.95. The summed E-state index contributed by atoms with van der Waals surface area (Å²) in [7, 11) is -2.14. The molecule has 26 heavy (non-hydrogen) atoms. The molecule has 2 aliphatic heterocycles. The van der Waals surface area contributed by atoms with Crippen LogP contribution in [0.1, 0.15) is 24.1 Å². The predicted molar refractivity (Wildman–Crippen MR) is 98.4 cm³/mol. The number of hydrogen-bond acceptors (Lipinski definition) is 4. The molecular weight excluding hydrogens is 350 g/mol. The fourth-order valence-corrected chi connectivity index (χ4v) is 5.43. The third kappa shape index (κ3) is 2.36. The van der Waals surface area contributed by atoms with Crippen LogP contribution in [0.2, 0.25) is 0 Å². The van der Waals surface area contributed by atoms with Gasteiger partial charge in [0.15, 0.2) is 0 Å². The van der Waals surface area contributed by atoms with E-state index in [1.807, 2.05) is 38.1 Å². The van der Waals surface area contributed by atoms with E-state index in [-0.39, 0.29) is 11.0 Å². The van der Waals surface area contributed by atoms with Crippen LogP contribution in [0.15, 0.2) is 65.7 Å². The molecule has 0 bridgehead atoms. The van der Waals surface area contributed by atoms with Crippen molar-refractivity contribution in [1.82, 2.24) is 4.31 Å². The van der Waals surface area contributed by atoms with E-state index >= 15 is 0 Å². The Hall–Kier alpha value is -2.31. The number of methoxy groups -OCH3 is 1. The van der Waals surface area contributed by atoms with E-state index in [4.69, 9.17) is 9.47 Å². The number of nitrogens with zero attached hydrogens (tertiary/aromatic N) is 1. The van der Waals surface area contributed by atoms with Crippen LogP contribution in [0, 0.1) is 6.92 Å². The molecule has 0 aliphatic carbocycles. The molecule has 6 heteroatoms. The highest BCUT2D eigenvalue weighted by molar-refractivity contribution is 7.89. The number of aryl methyl sites for hydroxylation is 1. The third-order valence-electron chi connectivity index (χ3n) is 5.21. The van der Waals surface area contributed by atoms with Crippen molar-refractivity contribution >= 4 is 10.0 Å². The van der Waals surface area contributed by atoms with Crippen LogP contribution < -0.4 is 4.74 Å². The lowest BCUT2D eigenvalue weighted by Crippen LogP contribution is -2.35. The van der Waals surface area contributed by atoms with Crippen LogP contribution in [-0.2, 0) is 14.8 Å². The van der Waals surface area contributed by atoms with E-state index in [0.29, 0.717) is 5.70 Å². The molecule has 2 aromatic carbocycles. The van der Waals surface area contributed by atoms with Crippen molar-refractivity contribution in [3.63, 3.8) is 0 Å². The number of sulfonamides is 1. The molecule has 2 saturated heterocycles. The first-order chi connectivity index (χ1) is 12.3. The van der Waals surface area contributed by atoms with Gasteiger partial charge >= 0.3 is 0 Å². The Morgan fingerprint density at radius 1 is 1.12 bits per heavy atom. The molecule has 136 valence electrons. The second-order valence-electron chi connectivity index (χ2n) is 6.96. The Bertz CT molecular complexity index is 966. The second kappa shape index (κ2) is 5.59. The maximum atomic E-state index is 13.4. The Labute approximate surface area is 153 Å². The summed E-state index contributed by atoms with van der Waals surface area (Å²) < 4.78 is 39.2. The molecule has 0 radical (unpaired) electrons. The average molecular weight is 371 g/mol. The van der Waals surface area contributed by atoms with Crippen LogP contribution in [-0.4, -0.2) is 31.5 Å². The van der Waals surface area contributed by atoms with Gasteiger partial charge in [-0.2, -0.15) is 0 Å². The minimum Gasteiger partial charge on any atom is -0.497 e. The zero-order valence-electron chi connectivity index (χ0n) is 15.0. The van der Waals surface area contributed by atoms with Crippen molar-refractivity contribution in [2.45, 2.75) is 36.5 Å². The van der Waals surface area contributed by atoms with Gasteiger partial charge in [0.05, 0.1) is 17.7 Å². The minimum atomic E-state index is -3.74. The van der Waals surface area contributed by atoms with Gasteiger partial charge in [-0.05, 0) is 43.7 Å². The summed E-state index contributed by atoms with van der Waals surface area (Å²) in [5.74, 6) is 0.719. The van der Waals surface area contributed by atoms with E-state index in [1.165, 1.54) is 4.31 Å². The fourth-order valence-electron chi connectivity index (χ4n) is 3.71. The number of benzene rings is 2. The van der Waals surface area contributed by atoms with Gasteiger partial charge in [0.2, 0.25) is 0 Å². The summed E-state index contributed by atoms with van der Waals surface area (Å²) in [6.07, 6.45) is -0.283. The summed E-state index contributed by atoms with van der Waals surface area (Å²) in [6.45, 7) is 7.88. The molecule has 0 saturated carbocycles. The number of epoxide rings is 1. The molecule has 2 fully saturated rings. The molecule has 0 N–H and O–H groups in total. The summed E-state index contributed by atoms with van der Waals surface area (Å²) in [5, 5.41) is 0. The standard InChI is InChI=1S/C20H21NO4S/c1-13-5-11-17(12-6-13)26(22,23)21-14(2)19-20(3,25-19)18(21)15-7-9-16(24-4)10-8-15/h5-12,18-19H,2H2,1,3-4H3/t18-,19+,20-/m1/s1. The molecule has 4 rings (SSSR count). The monoisotopic (exact) mass is 371 g/mol. The lowest BCUT2D eigenvalue weighted by Gasteiger charge is -2.31. The maximum Gasteiger partial charge on any atom is 0.264 e. The van der Waals surface area contributed by atoms with E-state index < -0.39 is 21.7 Å². The smallest absolute Gasteiger partial charge is 0.264 e. The van der Waals surface area contributed by atoms with Crippen molar-refractivity contribution in [2.24, 2.45) is 0 Å². The van der Waals surface area contributed by atoms with Gasteiger partial charge < -0.3 is 9.47 Å². The van der Waals surface area contributed by atoms with Gasteiger partial charge in [0.25, 0.3) is 10.0 Å². The Morgan fingerprint density at radius 2 is 1.73 bits per heavy atom. The number of ether oxygens (including phenoxy) is 2. The number of rotatable bonds is 4. The molecular formula is C20H21NO4S. The molecule has 5 nitrogen and oxygen atoms in total. The van der Waals surface area contributed by atoms with Crippen molar-refractivity contribution in [3.8, 4) is 5.75 Å². The van der Waals surface area contributed by atoms with E-state index in [2.05, 4.69) is 6.58 Å². The molecule has 0 aromatic heterocycles. The molecule has 0 spiro atoms. The molecule has 2 aromatic rings. The zero-order chi connectivity index (χ0) is 18.7. The molecule has 0 unspecified atom stereocenters. The highest BCUT2D eigenvalue weighted by Gasteiger charge is 2.70. The van der Waals surface area contributed by atoms with Crippen molar-refractivity contribution < 1.29 is 17.9 Å². The summed E-state index contributed by atoms with van der Waals surface area (Å²) in [6, 6.07) is 13.8. The molecule has 2 aliphatic rings. The van der Waals surface area contributed by atoms with Gasteiger partial charge in [0.1, 0.15) is 23.5 Å². The number of fused-ring (bicyclic) bond motifs is 1. The van der Waals surface area contributed by atoms with E-state index in [1.54, 1.807) is 31.4 Å². The van der Waals surface area contributed by atoms with Gasteiger partial charge in [-0.25, -0.2) is 8.42 Å². The predicted octanol–water partition coefficient (Wildman–Crippen LogP) is 3.42. The van der Waals surface area contributed by atoms with Crippen LogP contribution in [0.5, 0.6) is 5.75 Å². The summed E-state index contributed by atoms with van der Waals surface area (Å²) >= 11 is 0. The van der Waals surface area contributed by atoms with E-state index in [0.717, 1.165) is 16.9 Å². The van der Waals surface area contributed by atoms with Crippen molar-refractivity contribution in [1.29, 1.82) is 0 Å². The number of morpholine rings is 1. The first-order valence-electron chi connectivity index (χ1n) is 8.41. The summed E-state index contributed by atoms with van der Waals surface area (Å²) in [5.41, 5.74) is 1.75. The first-order valence-corrected chi connectivity index (χ1v) is 9.85. The molecule has 0 amide bonds. The average Bonchev–Trinajstić information content (AvgIpc) is 3.26. The quantitative estimate of drug-likeness (QED) is 0.773. The summed E-state index contributed by atoms with van der Waals surface area (Å²) in [4.78, 5) is 0.257. The Kier molecular flexibility index (Phi) is 3.68. The normalized spacial score (nSPS) is 27.3.